The molecule has 0 aliphatic heterocycles. The summed E-state index contributed by atoms with van der Waals surface area (Å²) >= 11 is 0. The molecule has 1 aromatic carbocycles. The van der Waals surface area contributed by atoms with Crippen molar-refractivity contribution < 1.29 is 10.2 Å². The summed E-state index contributed by atoms with van der Waals surface area (Å²) in [5.74, 6) is 0.153. The van der Waals surface area contributed by atoms with Gasteiger partial charge >= 0.3 is 0 Å². The van der Waals surface area contributed by atoms with E-state index in [1.54, 1.807) is 0 Å². The van der Waals surface area contributed by atoms with E-state index in [2.05, 4.69) is 6.58 Å². The first-order chi connectivity index (χ1) is 5.65. The van der Waals surface area contributed by atoms with E-state index in [4.69, 9.17) is 10.8 Å². The number of phenolic OH excluding ortho intramolecular Hbond substituents is 2. The first-order valence-electron chi connectivity index (χ1n) is 3.55. The summed E-state index contributed by atoms with van der Waals surface area (Å²) < 4.78 is 0. The van der Waals surface area contributed by atoms with Gasteiger partial charge in [0.2, 0.25) is 0 Å². The smallest absolute Gasteiger partial charge is 0.120 e. The number of rotatable bonds is 2. The van der Waals surface area contributed by atoms with E-state index in [-0.39, 0.29) is 23.9 Å². The third-order valence-corrected chi connectivity index (χ3v) is 1.62. The summed E-state index contributed by atoms with van der Waals surface area (Å²) in [5, 5.41) is 18.4. The molecular weight excluding hydrogens is 190 g/mol. The van der Waals surface area contributed by atoms with Crippen LogP contribution in [0.4, 0.5) is 0 Å². The van der Waals surface area contributed by atoms with Crippen LogP contribution in [0.1, 0.15) is 11.6 Å². The molecule has 13 heavy (non-hydrogen) atoms. The van der Waals surface area contributed by atoms with Crippen LogP contribution in [-0.2, 0) is 0 Å². The highest BCUT2D eigenvalue weighted by atomic mass is 35.5. The van der Waals surface area contributed by atoms with Crippen LogP contribution in [0, 0.1) is 0 Å². The number of hydrogen-bond donors (Lipinski definition) is 3. The summed E-state index contributed by atoms with van der Waals surface area (Å²) in [6, 6.07) is 3.77. The zero-order valence-electron chi connectivity index (χ0n) is 6.97. The summed E-state index contributed by atoms with van der Waals surface area (Å²) in [6.07, 6.45) is 1.49. The molecule has 4 N–H and O–H groups in total. The van der Waals surface area contributed by atoms with Crippen LogP contribution in [0.25, 0.3) is 0 Å². The Labute approximate surface area is 82.9 Å². The van der Waals surface area contributed by atoms with Gasteiger partial charge < -0.3 is 15.9 Å². The average molecular weight is 202 g/mol. The quantitative estimate of drug-likeness (QED) is 0.504. The number of nitrogens with two attached hydrogens (primary N) is 1. The van der Waals surface area contributed by atoms with Gasteiger partial charge in [0.15, 0.2) is 0 Å². The highest BCUT2D eigenvalue weighted by Crippen LogP contribution is 2.26. The minimum absolute atomic E-state index is 0. The minimum Gasteiger partial charge on any atom is -0.508 e. The van der Waals surface area contributed by atoms with Crippen molar-refractivity contribution in [2.45, 2.75) is 6.04 Å². The molecule has 72 valence electrons. The van der Waals surface area contributed by atoms with Gasteiger partial charge in [0.1, 0.15) is 11.5 Å². The second-order valence-electron chi connectivity index (χ2n) is 2.50. The van der Waals surface area contributed by atoms with Crippen LogP contribution < -0.4 is 5.73 Å². The number of hydrogen-bond acceptors (Lipinski definition) is 3. The third kappa shape index (κ3) is 2.65. The van der Waals surface area contributed by atoms with Crippen molar-refractivity contribution in [2.24, 2.45) is 5.73 Å². The van der Waals surface area contributed by atoms with Gasteiger partial charge in [0.25, 0.3) is 0 Å². The van der Waals surface area contributed by atoms with Crippen molar-refractivity contribution in [3.63, 3.8) is 0 Å². The number of aromatic hydroxyl groups is 2. The van der Waals surface area contributed by atoms with E-state index in [1.165, 1.54) is 24.3 Å². The normalized spacial score (nSPS) is 11.5. The molecule has 0 unspecified atom stereocenters. The fourth-order valence-electron chi connectivity index (χ4n) is 0.936. The molecule has 0 aliphatic rings. The van der Waals surface area contributed by atoms with Gasteiger partial charge in [-0.15, -0.1) is 19.0 Å². The molecule has 0 spiro atoms. The fourth-order valence-corrected chi connectivity index (χ4v) is 0.936. The molecule has 0 heterocycles. The van der Waals surface area contributed by atoms with E-state index in [0.717, 1.165) is 0 Å². The second-order valence-corrected chi connectivity index (χ2v) is 2.50. The topological polar surface area (TPSA) is 66.5 Å². The standard InChI is InChI=1S/C9H11NO2.ClH/c1-2-8(10)7-5-6(11)3-4-9(7)12;/h2-5,8,11-12H,1,10H2;1H/t8-;/m0./s1. The maximum absolute atomic E-state index is 9.30. The third-order valence-electron chi connectivity index (χ3n) is 1.62. The number of halogens is 1. The summed E-state index contributed by atoms with van der Waals surface area (Å²) in [6.45, 7) is 3.49. The van der Waals surface area contributed by atoms with Crippen LogP contribution in [-0.4, -0.2) is 10.2 Å². The molecule has 0 radical (unpaired) electrons. The lowest BCUT2D eigenvalue weighted by molar-refractivity contribution is 0.452. The minimum atomic E-state index is -0.447. The molecule has 0 bridgehead atoms. The Kier molecular flexibility index (Phi) is 4.31. The Hall–Kier alpha value is -1.19. The number of benzene rings is 1. The fraction of sp³-hybridized carbons (Fsp3) is 0.111. The lowest BCUT2D eigenvalue weighted by Gasteiger charge is -2.08. The van der Waals surface area contributed by atoms with Crippen molar-refractivity contribution >= 4 is 12.4 Å². The largest absolute Gasteiger partial charge is 0.508 e. The van der Waals surface area contributed by atoms with Gasteiger partial charge in [-0.05, 0) is 18.2 Å². The molecule has 0 saturated heterocycles. The molecule has 1 rings (SSSR count). The molecule has 0 saturated carbocycles. The second kappa shape index (κ2) is 4.74. The van der Waals surface area contributed by atoms with Crippen LogP contribution >= 0.6 is 12.4 Å². The Morgan fingerprint density at radius 1 is 1.38 bits per heavy atom. The van der Waals surface area contributed by atoms with Crippen LogP contribution in [0.15, 0.2) is 30.9 Å². The summed E-state index contributed by atoms with van der Waals surface area (Å²) in [5.41, 5.74) is 6.05. The monoisotopic (exact) mass is 201 g/mol. The van der Waals surface area contributed by atoms with Crippen molar-refractivity contribution in [3.05, 3.63) is 36.4 Å². The predicted octanol–water partition coefficient (Wildman–Crippen LogP) is 1.71. The molecule has 1 aromatic rings. The molecule has 3 nitrogen and oxygen atoms in total. The summed E-state index contributed by atoms with van der Waals surface area (Å²) in [7, 11) is 0. The van der Waals surface area contributed by atoms with E-state index < -0.39 is 6.04 Å². The first kappa shape index (κ1) is 11.8. The Morgan fingerprint density at radius 3 is 2.54 bits per heavy atom. The molecule has 1 atom stereocenters. The van der Waals surface area contributed by atoms with E-state index >= 15 is 0 Å². The van der Waals surface area contributed by atoms with Crippen molar-refractivity contribution in [1.82, 2.24) is 0 Å². The Balaban J connectivity index is 0.00000144. The van der Waals surface area contributed by atoms with Gasteiger partial charge in [-0.3, -0.25) is 0 Å². The highest BCUT2D eigenvalue weighted by Gasteiger charge is 2.07. The van der Waals surface area contributed by atoms with E-state index in [1.807, 2.05) is 0 Å². The van der Waals surface area contributed by atoms with Gasteiger partial charge in [-0.2, -0.15) is 0 Å². The zero-order valence-corrected chi connectivity index (χ0v) is 7.79. The Morgan fingerprint density at radius 2 is 2.00 bits per heavy atom. The lowest BCUT2D eigenvalue weighted by Crippen LogP contribution is -2.06. The molecule has 0 aromatic heterocycles. The van der Waals surface area contributed by atoms with Crippen molar-refractivity contribution in [2.75, 3.05) is 0 Å². The maximum Gasteiger partial charge on any atom is 0.120 e. The van der Waals surface area contributed by atoms with Gasteiger partial charge in [-0.1, -0.05) is 6.08 Å². The van der Waals surface area contributed by atoms with Gasteiger partial charge in [0.05, 0.1) is 6.04 Å². The number of phenols is 2. The molecule has 0 fully saturated rings. The molecule has 4 heteroatoms. The van der Waals surface area contributed by atoms with Gasteiger partial charge in [0, 0.05) is 5.56 Å². The van der Waals surface area contributed by atoms with E-state index in [0.29, 0.717) is 5.56 Å². The molecule has 0 aliphatic carbocycles. The van der Waals surface area contributed by atoms with Crippen LogP contribution in [0.3, 0.4) is 0 Å². The predicted molar refractivity (Wildman–Crippen MR) is 54.1 cm³/mol. The maximum atomic E-state index is 9.30. The molecular formula is C9H12ClNO2. The lowest BCUT2D eigenvalue weighted by atomic mass is 10.1. The van der Waals surface area contributed by atoms with E-state index in [9.17, 15) is 5.11 Å². The SMILES string of the molecule is C=C[C@H](N)c1cc(O)ccc1O.Cl. The van der Waals surface area contributed by atoms with Crippen LogP contribution in [0.2, 0.25) is 0 Å². The van der Waals surface area contributed by atoms with Crippen LogP contribution in [0.5, 0.6) is 11.5 Å². The highest BCUT2D eigenvalue weighted by molar-refractivity contribution is 5.85. The van der Waals surface area contributed by atoms with Crippen molar-refractivity contribution in [1.29, 1.82) is 0 Å². The Bertz CT molecular complexity index is 302. The zero-order chi connectivity index (χ0) is 9.14. The first-order valence-corrected chi connectivity index (χ1v) is 3.55. The van der Waals surface area contributed by atoms with Gasteiger partial charge in [-0.25, -0.2) is 0 Å². The average Bonchev–Trinajstić information content (AvgIpc) is 2.08. The van der Waals surface area contributed by atoms with Crippen molar-refractivity contribution in [3.8, 4) is 11.5 Å². The summed E-state index contributed by atoms with van der Waals surface area (Å²) in [4.78, 5) is 0. The molecule has 0 amide bonds.